The molecule has 0 aliphatic carbocycles. The molecule has 4 rings (SSSR count). The maximum atomic E-state index is 12.5. The highest BCUT2D eigenvalue weighted by atomic mass is 32.1. The lowest BCUT2D eigenvalue weighted by Gasteiger charge is -2.07. The second-order valence-corrected chi connectivity index (χ2v) is 6.67. The molecule has 0 aliphatic heterocycles. The van der Waals surface area contributed by atoms with Gasteiger partial charge in [0.25, 0.3) is 5.91 Å². The van der Waals surface area contributed by atoms with Crippen molar-refractivity contribution in [2.24, 2.45) is 0 Å². The van der Waals surface area contributed by atoms with Gasteiger partial charge in [0.1, 0.15) is 0 Å². The number of nitrogens with one attached hydrogen (secondary N) is 2. The highest BCUT2D eigenvalue weighted by Crippen LogP contribution is 2.19. The van der Waals surface area contributed by atoms with Gasteiger partial charge in [0, 0.05) is 47.7 Å². The van der Waals surface area contributed by atoms with E-state index in [1.54, 1.807) is 24.5 Å². The van der Waals surface area contributed by atoms with Gasteiger partial charge in [-0.1, -0.05) is 18.2 Å². The number of aromatic nitrogens is 4. The van der Waals surface area contributed by atoms with E-state index in [0.29, 0.717) is 35.3 Å². The van der Waals surface area contributed by atoms with Gasteiger partial charge in [-0.2, -0.15) is 0 Å². The summed E-state index contributed by atoms with van der Waals surface area (Å²) in [5.74, 6) is 0.312. The molecule has 2 N–H and O–H groups in total. The quantitative estimate of drug-likeness (QED) is 0.556. The zero-order valence-corrected chi connectivity index (χ0v) is 15.0. The molecule has 8 heteroatoms. The van der Waals surface area contributed by atoms with E-state index in [9.17, 15) is 9.59 Å². The number of rotatable bonds is 5. The van der Waals surface area contributed by atoms with Crippen molar-refractivity contribution in [2.45, 2.75) is 6.42 Å². The van der Waals surface area contributed by atoms with Crippen molar-refractivity contribution in [1.82, 2.24) is 25.3 Å². The first-order valence-electron chi connectivity index (χ1n) is 8.33. The van der Waals surface area contributed by atoms with E-state index in [-0.39, 0.29) is 11.5 Å². The fourth-order valence-corrected chi connectivity index (χ4v) is 3.52. The Bertz CT molecular complexity index is 1150. The van der Waals surface area contributed by atoms with Gasteiger partial charge in [0.15, 0.2) is 10.8 Å². The molecular weight excluding hydrogens is 362 g/mol. The molecule has 0 spiro atoms. The number of fused-ring (bicyclic) bond motifs is 1. The number of amides is 1. The van der Waals surface area contributed by atoms with Crippen LogP contribution in [0.25, 0.3) is 21.7 Å². The van der Waals surface area contributed by atoms with Crippen LogP contribution in [0.15, 0.2) is 59.0 Å². The zero-order valence-electron chi connectivity index (χ0n) is 14.2. The molecule has 0 radical (unpaired) electrons. The molecule has 7 nitrogen and oxygen atoms in total. The van der Waals surface area contributed by atoms with Crippen LogP contribution in [0.4, 0.5) is 0 Å². The molecule has 0 aliphatic rings. The molecule has 0 atom stereocenters. The summed E-state index contributed by atoms with van der Waals surface area (Å²) >= 11 is 1.47. The average molecular weight is 377 g/mol. The Labute approximate surface area is 158 Å². The van der Waals surface area contributed by atoms with Crippen LogP contribution in [0.2, 0.25) is 0 Å². The number of hydrogen-bond donors (Lipinski definition) is 2. The summed E-state index contributed by atoms with van der Waals surface area (Å²) in [6.45, 7) is 0.415. The first kappa shape index (κ1) is 17.0. The smallest absolute Gasteiger partial charge is 0.252 e. The minimum atomic E-state index is -0.300. The molecule has 0 saturated heterocycles. The monoisotopic (exact) mass is 377 g/mol. The highest BCUT2D eigenvalue weighted by Gasteiger charge is 2.12. The van der Waals surface area contributed by atoms with Gasteiger partial charge in [-0.25, -0.2) is 15.0 Å². The van der Waals surface area contributed by atoms with E-state index < -0.39 is 0 Å². The molecule has 0 unspecified atom stereocenters. The normalized spacial score (nSPS) is 10.8. The van der Waals surface area contributed by atoms with Gasteiger partial charge < -0.3 is 10.3 Å². The fourth-order valence-electron chi connectivity index (χ4n) is 2.73. The van der Waals surface area contributed by atoms with E-state index in [4.69, 9.17) is 0 Å². The van der Waals surface area contributed by atoms with Gasteiger partial charge in [-0.05, 0) is 12.1 Å². The summed E-state index contributed by atoms with van der Waals surface area (Å²) in [5.41, 5.74) is 1.57. The number of H-pyrrole nitrogens is 1. The van der Waals surface area contributed by atoms with Crippen LogP contribution in [-0.4, -0.2) is 32.4 Å². The Hall–Kier alpha value is -3.39. The second kappa shape index (κ2) is 7.46. The molecule has 3 heterocycles. The van der Waals surface area contributed by atoms with Gasteiger partial charge >= 0.3 is 0 Å². The van der Waals surface area contributed by atoms with E-state index in [1.807, 2.05) is 23.6 Å². The van der Waals surface area contributed by atoms with Gasteiger partial charge in [-0.3, -0.25) is 9.59 Å². The lowest BCUT2D eigenvalue weighted by Crippen LogP contribution is -2.27. The van der Waals surface area contributed by atoms with Crippen molar-refractivity contribution < 1.29 is 4.79 Å². The van der Waals surface area contributed by atoms with Crippen LogP contribution in [0, 0.1) is 0 Å². The van der Waals surface area contributed by atoms with E-state index in [1.165, 1.54) is 17.4 Å². The number of hydrogen-bond acceptors (Lipinski definition) is 6. The second-order valence-electron chi connectivity index (χ2n) is 5.82. The summed E-state index contributed by atoms with van der Waals surface area (Å²) in [7, 11) is 0. The SMILES string of the molecule is O=C(NCCc1csc(-c2ncccn2)n1)c1cc(=O)[nH]c2ccccc12. The first-order chi connectivity index (χ1) is 13.2. The number of nitrogens with zero attached hydrogens (tertiary/aromatic N) is 3. The average Bonchev–Trinajstić information content (AvgIpc) is 3.17. The number of carbonyl (C=O) groups is 1. The first-order valence-corrected chi connectivity index (χ1v) is 9.21. The number of thiazole rings is 1. The Morgan fingerprint density at radius 3 is 2.81 bits per heavy atom. The third-order valence-electron chi connectivity index (χ3n) is 3.97. The van der Waals surface area contributed by atoms with Crippen LogP contribution < -0.4 is 10.9 Å². The Balaban J connectivity index is 1.44. The van der Waals surface area contributed by atoms with Crippen LogP contribution in [0.3, 0.4) is 0 Å². The Kier molecular flexibility index (Phi) is 4.71. The predicted molar refractivity (Wildman–Crippen MR) is 104 cm³/mol. The molecule has 0 bridgehead atoms. The molecule has 134 valence electrons. The predicted octanol–water partition coefficient (Wildman–Crippen LogP) is 2.41. The number of para-hydroxylation sites is 1. The lowest BCUT2D eigenvalue weighted by molar-refractivity contribution is 0.0955. The number of pyridine rings is 1. The number of carbonyl (C=O) groups excluding carboxylic acids is 1. The minimum Gasteiger partial charge on any atom is -0.352 e. The van der Waals surface area contributed by atoms with Crippen molar-refractivity contribution in [3.63, 3.8) is 0 Å². The van der Waals surface area contributed by atoms with Crippen LogP contribution >= 0.6 is 11.3 Å². The third-order valence-corrected chi connectivity index (χ3v) is 4.86. The molecular formula is C19H15N5O2S. The Morgan fingerprint density at radius 1 is 1.15 bits per heavy atom. The molecule has 3 aromatic heterocycles. The largest absolute Gasteiger partial charge is 0.352 e. The summed E-state index contributed by atoms with van der Waals surface area (Å²) in [6, 6.07) is 10.3. The van der Waals surface area contributed by atoms with Crippen molar-refractivity contribution in [2.75, 3.05) is 6.54 Å². The molecule has 1 amide bonds. The highest BCUT2D eigenvalue weighted by molar-refractivity contribution is 7.13. The van der Waals surface area contributed by atoms with Crippen LogP contribution in [-0.2, 0) is 6.42 Å². The summed E-state index contributed by atoms with van der Waals surface area (Å²) < 4.78 is 0. The minimum absolute atomic E-state index is 0.279. The van der Waals surface area contributed by atoms with Crippen LogP contribution in [0.5, 0.6) is 0 Å². The maximum Gasteiger partial charge on any atom is 0.252 e. The van der Waals surface area contributed by atoms with Gasteiger partial charge in [0.2, 0.25) is 5.56 Å². The maximum absolute atomic E-state index is 12.5. The van der Waals surface area contributed by atoms with Crippen molar-refractivity contribution in [3.05, 3.63) is 75.8 Å². The van der Waals surface area contributed by atoms with Crippen molar-refractivity contribution in [1.29, 1.82) is 0 Å². The van der Waals surface area contributed by atoms with Gasteiger partial charge in [0.05, 0.1) is 11.3 Å². The van der Waals surface area contributed by atoms with Crippen molar-refractivity contribution in [3.8, 4) is 10.8 Å². The number of aromatic amines is 1. The van der Waals surface area contributed by atoms with E-state index in [2.05, 4.69) is 25.3 Å². The van der Waals surface area contributed by atoms with Gasteiger partial charge in [-0.15, -0.1) is 11.3 Å². The molecule has 1 aromatic carbocycles. The van der Waals surface area contributed by atoms with Crippen LogP contribution in [0.1, 0.15) is 16.1 Å². The van der Waals surface area contributed by atoms with E-state index in [0.717, 1.165) is 10.7 Å². The van der Waals surface area contributed by atoms with Crippen molar-refractivity contribution >= 4 is 28.1 Å². The lowest BCUT2D eigenvalue weighted by atomic mass is 10.1. The molecule has 4 aromatic rings. The summed E-state index contributed by atoms with van der Waals surface area (Å²) in [4.78, 5) is 39.9. The Morgan fingerprint density at radius 2 is 1.96 bits per heavy atom. The number of benzene rings is 1. The third kappa shape index (κ3) is 3.75. The van der Waals surface area contributed by atoms with E-state index >= 15 is 0 Å². The molecule has 0 fully saturated rings. The zero-order chi connectivity index (χ0) is 18.6. The topological polar surface area (TPSA) is 101 Å². The summed E-state index contributed by atoms with van der Waals surface area (Å²) in [5, 5.41) is 6.25. The molecule has 27 heavy (non-hydrogen) atoms. The fraction of sp³-hybridized carbons (Fsp3) is 0.105. The standard InChI is InChI=1S/C19H15N5O2S/c25-16-10-14(13-4-1-2-5-15(13)24-16)18(26)22-9-6-12-11-27-19(23-12)17-20-7-3-8-21-17/h1-5,7-8,10-11H,6,9H2,(H,22,26)(H,24,25). The molecule has 0 saturated carbocycles. The summed E-state index contributed by atoms with van der Waals surface area (Å²) in [6.07, 6.45) is 3.93.